The number of amides is 1. The van der Waals surface area contributed by atoms with E-state index >= 15 is 0 Å². The monoisotopic (exact) mass is 230 g/mol. The van der Waals surface area contributed by atoms with Crippen LogP contribution in [-0.4, -0.2) is 5.91 Å². The number of para-hydroxylation sites is 1. The van der Waals surface area contributed by atoms with E-state index in [1.165, 1.54) is 0 Å². The van der Waals surface area contributed by atoms with Gasteiger partial charge < -0.3 is 15.5 Å². The summed E-state index contributed by atoms with van der Waals surface area (Å²) >= 11 is 0. The zero-order valence-electron chi connectivity index (χ0n) is 9.78. The number of nitrogens with one attached hydrogen (secondary N) is 1. The fourth-order valence-electron chi connectivity index (χ4n) is 1.59. The molecule has 2 rings (SSSR count). The van der Waals surface area contributed by atoms with Gasteiger partial charge in [0.25, 0.3) is 5.91 Å². The lowest BCUT2D eigenvalue weighted by atomic mass is 10.1. The third-order valence-corrected chi connectivity index (χ3v) is 2.51. The Kier molecular flexibility index (Phi) is 2.87. The topological polar surface area (TPSA) is 68.3 Å². The molecule has 0 unspecified atom stereocenters. The Hall–Kier alpha value is -2.23. The van der Waals surface area contributed by atoms with Gasteiger partial charge in [-0.1, -0.05) is 12.1 Å². The number of aryl methyl sites for hydroxylation is 2. The summed E-state index contributed by atoms with van der Waals surface area (Å²) in [4.78, 5) is 11.9. The summed E-state index contributed by atoms with van der Waals surface area (Å²) in [6.07, 6.45) is 0. The second kappa shape index (κ2) is 4.33. The van der Waals surface area contributed by atoms with E-state index in [4.69, 9.17) is 10.2 Å². The van der Waals surface area contributed by atoms with Gasteiger partial charge in [-0.15, -0.1) is 0 Å². The number of furan rings is 1. The minimum Gasteiger partial charge on any atom is -0.456 e. The molecule has 0 aliphatic rings. The van der Waals surface area contributed by atoms with Crippen LogP contribution in [0.1, 0.15) is 21.9 Å². The van der Waals surface area contributed by atoms with Crippen molar-refractivity contribution >= 4 is 17.3 Å². The van der Waals surface area contributed by atoms with E-state index < -0.39 is 0 Å². The van der Waals surface area contributed by atoms with E-state index in [-0.39, 0.29) is 11.7 Å². The first-order chi connectivity index (χ1) is 8.08. The summed E-state index contributed by atoms with van der Waals surface area (Å²) in [7, 11) is 0. The van der Waals surface area contributed by atoms with Gasteiger partial charge in [-0.3, -0.25) is 4.79 Å². The molecule has 0 saturated carbocycles. The van der Waals surface area contributed by atoms with Gasteiger partial charge in [0, 0.05) is 0 Å². The largest absolute Gasteiger partial charge is 0.456 e. The van der Waals surface area contributed by atoms with Crippen molar-refractivity contribution in [1.29, 1.82) is 0 Å². The Morgan fingerprint density at radius 2 is 2.00 bits per heavy atom. The van der Waals surface area contributed by atoms with Crippen LogP contribution in [0, 0.1) is 13.8 Å². The normalized spacial score (nSPS) is 10.2. The van der Waals surface area contributed by atoms with Crippen LogP contribution in [-0.2, 0) is 0 Å². The highest BCUT2D eigenvalue weighted by Gasteiger charge is 2.12. The van der Waals surface area contributed by atoms with Crippen molar-refractivity contribution in [2.45, 2.75) is 13.8 Å². The average molecular weight is 230 g/mol. The van der Waals surface area contributed by atoms with Gasteiger partial charge in [-0.05, 0) is 37.6 Å². The summed E-state index contributed by atoms with van der Waals surface area (Å²) in [5, 5.41) is 2.75. The summed E-state index contributed by atoms with van der Waals surface area (Å²) in [5.41, 5.74) is 7.90. The van der Waals surface area contributed by atoms with Crippen molar-refractivity contribution in [3.05, 3.63) is 47.4 Å². The molecule has 0 spiro atoms. The Morgan fingerprint density at radius 3 is 2.59 bits per heavy atom. The SMILES string of the molecule is Cc1ccc(C(=O)Nc2c(C)cccc2N)o1. The van der Waals surface area contributed by atoms with Crippen LogP contribution in [0.4, 0.5) is 11.4 Å². The van der Waals surface area contributed by atoms with E-state index in [0.717, 1.165) is 5.56 Å². The molecule has 2 aromatic rings. The molecule has 1 amide bonds. The molecule has 0 aliphatic carbocycles. The van der Waals surface area contributed by atoms with E-state index in [2.05, 4.69) is 5.32 Å². The maximum Gasteiger partial charge on any atom is 0.291 e. The lowest BCUT2D eigenvalue weighted by Gasteiger charge is -2.09. The minimum atomic E-state index is -0.292. The number of carbonyl (C=O) groups excluding carboxylic acids is 1. The standard InChI is InChI=1S/C13H14N2O2/c1-8-4-3-5-10(14)12(8)15-13(16)11-7-6-9(2)17-11/h3-7H,14H2,1-2H3,(H,15,16). The molecule has 17 heavy (non-hydrogen) atoms. The van der Waals surface area contributed by atoms with E-state index in [1.54, 1.807) is 25.1 Å². The highest BCUT2D eigenvalue weighted by atomic mass is 16.3. The van der Waals surface area contributed by atoms with Crippen molar-refractivity contribution < 1.29 is 9.21 Å². The average Bonchev–Trinajstić information content (AvgIpc) is 2.70. The molecule has 0 saturated heterocycles. The molecule has 88 valence electrons. The molecule has 0 bridgehead atoms. The van der Waals surface area contributed by atoms with Gasteiger partial charge in [-0.25, -0.2) is 0 Å². The third kappa shape index (κ3) is 2.30. The Bertz CT molecular complexity index is 538. The van der Waals surface area contributed by atoms with E-state index in [1.807, 2.05) is 19.1 Å². The smallest absolute Gasteiger partial charge is 0.291 e. The van der Waals surface area contributed by atoms with Crippen molar-refractivity contribution in [1.82, 2.24) is 0 Å². The maximum absolute atomic E-state index is 11.9. The fourth-order valence-corrected chi connectivity index (χ4v) is 1.59. The number of rotatable bonds is 2. The molecule has 3 N–H and O–H groups in total. The van der Waals surface area contributed by atoms with Crippen LogP contribution in [0.25, 0.3) is 0 Å². The van der Waals surface area contributed by atoms with E-state index in [0.29, 0.717) is 17.1 Å². The molecule has 4 heteroatoms. The second-order valence-corrected chi connectivity index (χ2v) is 3.90. The number of hydrogen-bond donors (Lipinski definition) is 2. The van der Waals surface area contributed by atoms with Crippen LogP contribution in [0.5, 0.6) is 0 Å². The molecule has 1 heterocycles. The molecule has 0 radical (unpaired) electrons. The van der Waals surface area contributed by atoms with Crippen LogP contribution >= 0.6 is 0 Å². The summed E-state index contributed by atoms with van der Waals surface area (Å²) in [6, 6.07) is 8.86. The zero-order chi connectivity index (χ0) is 12.4. The number of nitrogen functional groups attached to an aromatic ring is 1. The number of anilines is 2. The van der Waals surface area contributed by atoms with Gasteiger partial charge in [0.2, 0.25) is 0 Å². The molecule has 1 aromatic heterocycles. The van der Waals surface area contributed by atoms with Gasteiger partial charge in [0.1, 0.15) is 5.76 Å². The number of hydrogen-bond acceptors (Lipinski definition) is 3. The first kappa shape index (κ1) is 11.3. The summed E-state index contributed by atoms with van der Waals surface area (Å²) in [5.74, 6) is 0.692. The van der Waals surface area contributed by atoms with Crippen molar-refractivity contribution in [2.24, 2.45) is 0 Å². The molecular formula is C13H14N2O2. The predicted molar refractivity (Wildman–Crippen MR) is 67.0 cm³/mol. The molecule has 1 aromatic carbocycles. The van der Waals surface area contributed by atoms with Gasteiger partial charge in [0.05, 0.1) is 11.4 Å². The minimum absolute atomic E-state index is 0.283. The van der Waals surface area contributed by atoms with E-state index in [9.17, 15) is 4.79 Å². The highest BCUT2D eigenvalue weighted by Crippen LogP contribution is 2.23. The molecule has 0 aliphatic heterocycles. The highest BCUT2D eigenvalue weighted by molar-refractivity contribution is 6.04. The van der Waals surface area contributed by atoms with Gasteiger partial charge >= 0.3 is 0 Å². The number of benzene rings is 1. The first-order valence-electron chi connectivity index (χ1n) is 5.31. The molecule has 0 fully saturated rings. The van der Waals surface area contributed by atoms with Crippen LogP contribution in [0.2, 0.25) is 0 Å². The summed E-state index contributed by atoms with van der Waals surface area (Å²) in [6.45, 7) is 3.68. The third-order valence-electron chi connectivity index (χ3n) is 2.51. The summed E-state index contributed by atoms with van der Waals surface area (Å²) < 4.78 is 5.24. The lowest BCUT2D eigenvalue weighted by Crippen LogP contribution is -2.13. The number of nitrogens with two attached hydrogens (primary N) is 1. The van der Waals surface area contributed by atoms with Crippen LogP contribution < -0.4 is 11.1 Å². The van der Waals surface area contributed by atoms with Crippen LogP contribution in [0.3, 0.4) is 0 Å². The Balaban J connectivity index is 2.24. The van der Waals surface area contributed by atoms with Gasteiger partial charge in [0.15, 0.2) is 5.76 Å². The van der Waals surface area contributed by atoms with Crippen molar-refractivity contribution in [3.63, 3.8) is 0 Å². The quantitative estimate of drug-likeness (QED) is 0.779. The lowest BCUT2D eigenvalue weighted by molar-refractivity contribution is 0.0995. The molecular weight excluding hydrogens is 216 g/mol. The van der Waals surface area contributed by atoms with Crippen LogP contribution in [0.15, 0.2) is 34.7 Å². The molecule has 4 nitrogen and oxygen atoms in total. The maximum atomic E-state index is 11.9. The molecule has 0 atom stereocenters. The zero-order valence-corrected chi connectivity index (χ0v) is 9.78. The Labute approximate surface area is 99.4 Å². The predicted octanol–water partition coefficient (Wildman–Crippen LogP) is 2.73. The van der Waals surface area contributed by atoms with Crippen molar-refractivity contribution in [3.8, 4) is 0 Å². The fraction of sp³-hybridized carbons (Fsp3) is 0.154. The number of carbonyl (C=O) groups is 1. The van der Waals surface area contributed by atoms with Gasteiger partial charge in [-0.2, -0.15) is 0 Å². The second-order valence-electron chi connectivity index (χ2n) is 3.90. The Morgan fingerprint density at radius 1 is 1.24 bits per heavy atom. The van der Waals surface area contributed by atoms with Crippen molar-refractivity contribution in [2.75, 3.05) is 11.1 Å². The first-order valence-corrected chi connectivity index (χ1v) is 5.31.